The van der Waals surface area contributed by atoms with Crippen molar-refractivity contribution >= 4 is 11.9 Å². The zero-order valence-corrected chi connectivity index (χ0v) is 44.6. The van der Waals surface area contributed by atoms with Crippen LogP contribution >= 0.6 is 0 Å². The molecule has 0 aromatic heterocycles. The summed E-state index contributed by atoms with van der Waals surface area (Å²) >= 11 is 0. The SMILES string of the molecule is CCCCCCCC/C=C\CCCCCCCCOCC(CN1CCCCC1)OCCOC(=O)CCCC(=O)O[C@H]1CC[C@@]2(C)C(=CC[C@@H]3[C@@H]2CC[C@]2(C)C([C@H](C)CCCC(C)C)CC[C@@H]32)C1. The molecule has 1 heterocycles. The van der Waals surface area contributed by atoms with Gasteiger partial charge in [0.05, 0.1) is 19.3 Å². The van der Waals surface area contributed by atoms with E-state index in [4.69, 9.17) is 18.9 Å². The Morgan fingerprint density at radius 1 is 0.731 bits per heavy atom. The van der Waals surface area contributed by atoms with Gasteiger partial charge in [-0.2, -0.15) is 0 Å². The minimum Gasteiger partial charge on any atom is -0.463 e. The summed E-state index contributed by atoms with van der Waals surface area (Å²) < 4.78 is 24.0. The third kappa shape index (κ3) is 18.8. The fourth-order valence-electron chi connectivity index (χ4n) is 14.1. The number of esters is 2. The summed E-state index contributed by atoms with van der Waals surface area (Å²) in [6, 6.07) is 0. The van der Waals surface area contributed by atoms with Crippen LogP contribution in [-0.2, 0) is 28.5 Å². The highest BCUT2D eigenvalue weighted by Crippen LogP contribution is 2.67. The lowest BCUT2D eigenvalue weighted by atomic mass is 9.47. The Morgan fingerprint density at radius 2 is 1.43 bits per heavy atom. The van der Waals surface area contributed by atoms with Gasteiger partial charge in [0.1, 0.15) is 12.7 Å². The molecule has 1 saturated heterocycles. The van der Waals surface area contributed by atoms with Gasteiger partial charge in [0.2, 0.25) is 0 Å². The number of unbranched alkanes of at least 4 members (excludes halogenated alkanes) is 12. The second-order valence-electron chi connectivity index (χ2n) is 23.6. The lowest BCUT2D eigenvalue weighted by molar-refractivity contribution is -0.152. The molecule has 0 bridgehead atoms. The third-order valence-corrected chi connectivity index (χ3v) is 18.0. The molecule has 7 heteroatoms. The van der Waals surface area contributed by atoms with Gasteiger partial charge in [-0.15, -0.1) is 0 Å². The second-order valence-corrected chi connectivity index (χ2v) is 23.6. The Hall–Kier alpha value is -1.70. The van der Waals surface area contributed by atoms with E-state index in [1.807, 2.05) is 0 Å². The minimum absolute atomic E-state index is 0.0271. The van der Waals surface area contributed by atoms with Crippen molar-refractivity contribution in [3.05, 3.63) is 23.8 Å². The summed E-state index contributed by atoms with van der Waals surface area (Å²) in [5.74, 6) is 4.52. The Bertz CT molecular complexity index is 1440. The van der Waals surface area contributed by atoms with E-state index in [2.05, 4.69) is 64.7 Å². The number of rotatable bonds is 34. The first-order valence-corrected chi connectivity index (χ1v) is 29.1. The fourth-order valence-corrected chi connectivity index (χ4v) is 14.1. The normalized spacial score (nSPS) is 28.5. The zero-order valence-electron chi connectivity index (χ0n) is 44.6. The molecule has 2 unspecified atom stereocenters. The number of carbonyl (C=O) groups excluding carboxylic acids is 2. The van der Waals surface area contributed by atoms with Gasteiger partial charge in [0.25, 0.3) is 0 Å². The van der Waals surface area contributed by atoms with Crippen LogP contribution in [0.25, 0.3) is 0 Å². The Kier molecular flexibility index (Phi) is 25.9. The Balaban J connectivity index is 0.905. The maximum absolute atomic E-state index is 13.0. The number of piperidine rings is 1. The van der Waals surface area contributed by atoms with Gasteiger partial charge < -0.3 is 23.8 Å². The van der Waals surface area contributed by atoms with Gasteiger partial charge in [-0.25, -0.2) is 0 Å². The van der Waals surface area contributed by atoms with E-state index in [-0.39, 0.29) is 49.0 Å². The first-order chi connectivity index (χ1) is 32.5. The largest absolute Gasteiger partial charge is 0.463 e. The number of fused-ring (bicyclic) bond motifs is 5. The first-order valence-electron chi connectivity index (χ1n) is 29.1. The smallest absolute Gasteiger partial charge is 0.306 e. The molecule has 4 aliphatic carbocycles. The number of carbonyl (C=O) groups is 2. The summed E-state index contributed by atoms with van der Waals surface area (Å²) in [5.41, 5.74) is 2.30. The van der Waals surface area contributed by atoms with Gasteiger partial charge >= 0.3 is 11.9 Å². The van der Waals surface area contributed by atoms with Crippen molar-refractivity contribution in [3.8, 4) is 0 Å². The van der Waals surface area contributed by atoms with E-state index >= 15 is 0 Å². The molecule has 0 amide bonds. The topological polar surface area (TPSA) is 74.3 Å². The van der Waals surface area contributed by atoms with E-state index in [0.29, 0.717) is 25.0 Å². The van der Waals surface area contributed by atoms with Crippen molar-refractivity contribution in [1.29, 1.82) is 0 Å². The van der Waals surface area contributed by atoms with E-state index in [1.54, 1.807) is 5.57 Å². The lowest BCUT2D eigenvalue weighted by Crippen LogP contribution is -2.51. The molecule has 0 aromatic rings. The van der Waals surface area contributed by atoms with Crippen molar-refractivity contribution in [2.75, 3.05) is 46.1 Å². The molecule has 1 aliphatic heterocycles. The highest BCUT2D eigenvalue weighted by molar-refractivity contribution is 5.72. The van der Waals surface area contributed by atoms with Crippen LogP contribution in [0.15, 0.2) is 23.8 Å². The van der Waals surface area contributed by atoms with Crippen LogP contribution in [0.5, 0.6) is 0 Å². The van der Waals surface area contributed by atoms with E-state index in [9.17, 15) is 9.59 Å². The highest BCUT2D eigenvalue weighted by Gasteiger charge is 2.59. The van der Waals surface area contributed by atoms with Crippen LogP contribution in [0.4, 0.5) is 0 Å². The van der Waals surface area contributed by atoms with Crippen LogP contribution in [0.2, 0.25) is 0 Å². The molecular weight excluding hydrogens is 831 g/mol. The lowest BCUT2D eigenvalue weighted by Gasteiger charge is -2.58. The van der Waals surface area contributed by atoms with Crippen molar-refractivity contribution in [2.24, 2.45) is 46.3 Å². The summed E-state index contributed by atoms with van der Waals surface area (Å²) in [7, 11) is 0. The quantitative estimate of drug-likeness (QED) is 0.0361. The van der Waals surface area contributed by atoms with Crippen LogP contribution in [0, 0.1) is 46.3 Å². The maximum Gasteiger partial charge on any atom is 0.306 e. The molecule has 9 atom stereocenters. The zero-order chi connectivity index (χ0) is 47.7. The molecule has 5 aliphatic rings. The number of ether oxygens (including phenoxy) is 4. The molecule has 386 valence electrons. The average Bonchev–Trinajstić information content (AvgIpc) is 3.67. The summed E-state index contributed by atoms with van der Waals surface area (Å²) in [4.78, 5) is 28.2. The molecule has 3 saturated carbocycles. The van der Waals surface area contributed by atoms with Gasteiger partial charge in [0, 0.05) is 32.4 Å². The maximum atomic E-state index is 13.0. The predicted molar refractivity (Wildman–Crippen MR) is 278 cm³/mol. The van der Waals surface area contributed by atoms with Crippen molar-refractivity contribution in [3.63, 3.8) is 0 Å². The molecule has 7 nitrogen and oxygen atoms in total. The molecule has 4 fully saturated rings. The molecule has 0 radical (unpaired) electrons. The number of hydrogen-bond donors (Lipinski definition) is 0. The van der Waals surface area contributed by atoms with Crippen LogP contribution < -0.4 is 0 Å². The summed E-state index contributed by atoms with van der Waals surface area (Å²) in [5, 5.41) is 0. The number of allylic oxidation sites excluding steroid dienone is 3. The Morgan fingerprint density at radius 3 is 2.16 bits per heavy atom. The standard InChI is InChI=1S/C60H105NO6/c1-7-8-9-10-11-12-13-14-15-16-17-18-19-20-21-25-42-64-47-52(46-61-40-23-22-24-41-61)65-43-44-66-57(62)30-27-31-58(63)67-51-36-38-59(5)50(45-51)32-33-53-55-35-34-54(49(4)29-26-28-48(2)3)60(55,6)39-37-56(53)59/h14-15,32,48-49,51-56H,7-13,16-31,33-47H2,1-6H3/b15-14-/t49-,51+,52?,53+,54?,55+,56+,59+,60-/m1/s1. The molecular formula is C60H105NO6. The third-order valence-electron chi connectivity index (χ3n) is 18.0. The van der Waals surface area contributed by atoms with Crippen LogP contribution in [0.1, 0.15) is 241 Å². The summed E-state index contributed by atoms with van der Waals surface area (Å²) in [6.07, 6.45) is 44.2. The highest BCUT2D eigenvalue weighted by atomic mass is 16.6. The van der Waals surface area contributed by atoms with Gasteiger partial charge in [-0.1, -0.05) is 149 Å². The van der Waals surface area contributed by atoms with E-state index in [1.165, 1.54) is 154 Å². The van der Waals surface area contributed by atoms with Gasteiger partial charge in [-0.3, -0.25) is 9.59 Å². The fraction of sp³-hybridized carbons (Fsp3) is 0.900. The van der Waals surface area contributed by atoms with Crippen molar-refractivity contribution in [2.45, 2.75) is 253 Å². The molecule has 5 rings (SSSR count). The number of likely N-dealkylation sites (tertiary alicyclic amines) is 1. The molecule has 0 N–H and O–H groups in total. The van der Waals surface area contributed by atoms with Gasteiger partial charge in [0.15, 0.2) is 0 Å². The van der Waals surface area contributed by atoms with Crippen molar-refractivity contribution in [1.82, 2.24) is 4.90 Å². The predicted octanol–water partition coefficient (Wildman–Crippen LogP) is 15.6. The van der Waals surface area contributed by atoms with E-state index < -0.39 is 0 Å². The summed E-state index contributed by atoms with van der Waals surface area (Å²) in [6.45, 7) is 19.8. The van der Waals surface area contributed by atoms with Gasteiger partial charge in [-0.05, 0) is 156 Å². The first kappa shape index (κ1) is 56.2. The molecule has 67 heavy (non-hydrogen) atoms. The second kappa shape index (κ2) is 30.9. The van der Waals surface area contributed by atoms with Crippen molar-refractivity contribution < 1.29 is 28.5 Å². The van der Waals surface area contributed by atoms with Crippen LogP contribution in [0.3, 0.4) is 0 Å². The average molecular weight is 937 g/mol. The minimum atomic E-state index is -0.270. The Labute approximate surface area is 412 Å². The van der Waals surface area contributed by atoms with E-state index in [0.717, 1.165) is 87.4 Å². The number of hydrogen-bond acceptors (Lipinski definition) is 7. The monoisotopic (exact) mass is 936 g/mol. The molecule has 0 spiro atoms. The molecule has 0 aromatic carbocycles. The number of nitrogens with zero attached hydrogens (tertiary/aromatic N) is 1. The van der Waals surface area contributed by atoms with Crippen LogP contribution in [-0.4, -0.2) is 75.1 Å².